The Morgan fingerprint density at radius 3 is 2.78 bits per heavy atom. The molecule has 2 N–H and O–H groups in total. The first-order valence-electron chi connectivity index (χ1n) is 7.88. The van der Waals surface area contributed by atoms with Gasteiger partial charge in [0.25, 0.3) is 0 Å². The molecule has 0 saturated carbocycles. The molecule has 0 fully saturated rings. The highest BCUT2D eigenvalue weighted by Gasteiger charge is 2.11. The van der Waals surface area contributed by atoms with Crippen LogP contribution in [0, 0.1) is 5.82 Å². The molecular formula is C19H17ClFN3O3. The summed E-state index contributed by atoms with van der Waals surface area (Å²) in [7, 11) is 0. The van der Waals surface area contributed by atoms with Crippen molar-refractivity contribution < 1.29 is 18.7 Å². The number of hydrazone groups is 1. The molecule has 2 aromatic rings. The lowest BCUT2D eigenvalue weighted by atomic mass is 10.2. The van der Waals surface area contributed by atoms with Crippen molar-refractivity contribution in [3.63, 3.8) is 0 Å². The Morgan fingerprint density at radius 1 is 1.22 bits per heavy atom. The van der Waals surface area contributed by atoms with Crippen LogP contribution in [-0.4, -0.2) is 24.6 Å². The molecule has 0 heterocycles. The summed E-state index contributed by atoms with van der Waals surface area (Å²) in [6.07, 6.45) is 2.74. The highest BCUT2D eigenvalue weighted by Crippen LogP contribution is 2.22. The zero-order valence-corrected chi connectivity index (χ0v) is 15.0. The van der Waals surface area contributed by atoms with Crippen LogP contribution in [0.5, 0.6) is 5.75 Å². The number of halogens is 2. The monoisotopic (exact) mass is 389 g/mol. The van der Waals surface area contributed by atoms with Crippen molar-refractivity contribution in [2.45, 2.75) is 6.61 Å². The van der Waals surface area contributed by atoms with Crippen molar-refractivity contribution in [2.75, 3.05) is 6.54 Å². The highest BCUT2D eigenvalue weighted by atomic mass is 35.5. The van der Waals surface area contributed by atoms with Gasteiger partial charge in [-0.3, -0.25) is 9.59 Å². The van der Waals surface area contributed by atoms with Gasteiger partial charge in [0.15, 0.2) is 0 Å². The van der Waals surface area contributed by atoms with Gasteiger partial charge in [-0.05, 0) is 35.9 Å². The SMILES string of the molecule is C=CCNC(=O)C(=O)N/N=C\c1cc(Cl)ccc1OCc1cccc(F)c1. The fraction of sp³-hybridized carbons (Fsp3) is 0.105. The van der Waals surface area contributed by atoms with Gasteiger partial charge in [-0.15, -0.1) is 6.58 Å². The van der Waals surface area contributed by atoms with E-state index in [0.29, 0.717) is 21.9 Å². The van der Waals surface area contributed by atoms with Gasteiger partial charge in [0.05, 0.1) is 6.21 Å². The Morgan fingerprint density at radius 2 is 2.04 bits per heavy atom. The molecule has 0 radical (unpaired) electrons. The highest BCUT2D eigenvalue weighted by molar-refractivity contribution is 6.35. The molecule has 0 bridgehead atoms. The molecule has 27 heavy (non-hydrogen) atoms. The maximum absolute atomic E-state index is 13.2. The first-order chi connectivity index (χ1) is 13.0. The fourth-order valence-corrected chi connectivity index (χ4v) is 2.18. The third-order valence-corrected chi connectivity index (χ3v) is 3.47. The maximum Gasteiger partial charge on any atom is 0.329 e. The van der Waals surface area contributed by atoms with Crippen LogP contribution in [0.3, 0.4) is 0 Å². The number of nitrogens with zero attached hydrogens (tertiary/aromatic N) is 1. The molecule has 0 aliphatic heterocycles. The lowest BCUT2D eigenvalue weighted by molar-refractivity contribution is -0.139. The van der Waals surface area contributed by atoms with Crippen LogP contribution in [0.2, 0.25) is 5.02 Å². The zero-order chi connectivity index (χ0) is 19.6. The molecule has 0 saturated heterocycles. The Hall–Kier alpha value is -3.19. The van der Waals surface area contributed by atoms with E-state index in [9.17, 15) is 14.0 Å². The molecule has 0 spiro atoms. The molecule has 2 aromatic carbocycles. The summed E-state index contributed by atoms with van der Waals surface area (Å²) < 4.78 is 18.9. The van der Waals surface area contributed by atoms with Crippen molar-refractivity contribution in [3.05, 3.63) is 77.1 Å². The smallest absolute Gasteiger partial charge is 0.329 e. The molecule has 0 aliphatic rings. The fourth-order valence-electron chi connectivity index (χ4n) is 2.00. The molecule has 0 aromatic heterocycles. The van der Waals surface area contributed by atoms with Gasteiger partial charge < -0.3 is 10.1 Å². The van der Waals surface area contributed by atoms with Gasteiger partial charge in [-0.2, -0.15) is 5.10 Å². The van der Waals surface area contributed by atoms with Crippen LogP contribution < -0.4 is 15.5 Å². The normalized spacial score (nSPS) is 10.4. The minimum absolute atomic E-state index is 0.135. The number of hydrogen-bond acceptors (Lipinski definition) is 4. The number of nitrogens with one attached hydrogen (secondary N) is 2. The van der Waals surface area contributed by atoms with Gasteiger partial charge in [-0.25, -0.2) is 9.82 Å². The van der Waals surface area contributed by atoms with Crippen LogP contribution in [0.25, 0.3) is 0 Å². The third kappa shape index (κ3) is 6.56. The topological polar surface area (TPSA) is 79.8 Å². The van der Waals surface area contributed by atoms with Crippen molar-refractivity contribution in [3.8, 4) is 5.75 Å². The minimum Gasteiger partial charge on any atom is -0.488 e. The number of rotatable bonds is 7. The second-order valence-electron chi connectivity index (χ2n) is 5.30. The van der Waals surface area contributed by atoms with Crippen LogP contribution in [-0.2, 0) is 16.2 Å². The molecule has 8 heteroatoms. The summed E-state index contributed by atoms with van der Waals surface area (Å²) in [5, 5.41) is 6.49. The predicted molar refractivity (Wildman–Crippen MR) is 101 cm³/mol. The van der Waals surface area contributed by atoms with Gasteiger partial charge in [0.2, 0.25) is 0 Å². The predicted octanol–water partition coefficient (Wildman–Crippen LogP) is 2.81. The largest absolute Gasteiger partial charge is 0.488 e. The summed E-state index contributed by atoms with van der Waals surface area (Å²) in [4.78, 5) is 23.0. The van der Waals surface area contributed by atoms with Gasteiger partial charge in [0.1, 0.15) is 18.2 Å². The Bertz CT molecular complexity index is 871. The molecule has 140 valence electrons. The average Bonchev–Trinajstić information content (AvgIpc) is 2.65. The van der Waals surface area contributed by atoms with E-state index in [1.165, 1.54) is 24.4 Å². The molecule has 0 atom stereocenters. The van der Waals surface area contributed by atoms with E-state index in [0.717, 1.165) is 0 Å². The summed E-state index contributed by atoms with van der Waals surface area (Å²) >= 11 is 5.98. The minimum atomic E-state index is -0.919. The zero-order valence-electron chi connectivity index (χ0n) is 14.2. The standard InChI is InChI=1S/C19H17ClFN3O3/c1-2-8-22-18(25)19(26)24-23-11-14-10-15(20)6-7-17(14)27-12-13-4-3-5-16(21)9-13/h2-7,9-11H,1,8,12H2,(H,22,25)(H,24,26)/b23-11-. The van der Waals surface area contributed by atoms with Crippen molar-refractivity contribution in [1.82, 2.24) is 10.7 Å². The van der Waals surface area contributed by atoms with E-state index < -0.39 is 11.8 Å². The summed E-state index contributed by atoms with van der Waals surface area (Å²) in [5.74, 6) is -1.68. The van der Waals surface area contributed by atoms with Crippen LogP contribution >= 0.6 is 11.6 Å². The van der Waals surface area contributed by atoms with Gasteiger partial charge in [0, 0.05) is 17.1 Å². The van der Waals surface area contributed by atoms with Crippen LogP contribution in [0.15, 0.2) is 60.2 Å². The molecular weight excluding hydrogens is 373 g/mol. The maximum atomic E-state index is 13.2. The summed E-state index contributed by atoms with van der Waals surface area (Å²) in [6.45, 7) is 3.74. The Kier molecular flexibility index (Phi) is 7.51. The van der Waals surface area contributed by atoms with Crippen molar-refractivity contribution in [1.29, 1.82) is 0 Å². The number of benzene rings is 2. The third-order valence-electron chi connectivity index (χ3n) is 3.24. The second kappa shape index (κ2) is 10.1. The molecule has 2 amide bonds. The molecule has 6 nitrogen and oxygen atoms in total. The molecule has 2 rings (SSSR count). The van der Waals surface area contributed by atoms with E-state index >= 15 is 0 Å². The number of carbonyl (C=O) groups is 2. The van der Waals surface area contributed by atoms with E-state index in [-0.39, 0.29) is 19.0 Å². The summed E-state index contributed by atoms with van der Waals surface area (Å²) in [5.41, 5.74) is 3.23. The quantitative estimate of drug-likeness (QED) is 0.331. The average molecular weight is 390 g/mol. The number of ether oxygens (including phenoxy) is 1. The number of hydrogen-bond donors (Lipinski definition) is 2. The molecule has 0 aliphatic carbocycles. The number of carbonyl (C=O) groups excluding carboxylic acids is 2. The van der Waals surface area contributed by atoms with E-state index in [1.54, 1.807) is 30.3 Å². The van der Waals surface area contributed by atoms with Gasteiger partial charge in [-0.1, -0.05) is 29.8 Å². The van der Waals surface area contributed by atoms with Crippen LogP contribution in [0.1, 0.15) is 11.1 Å². The summed E-state index contributed by atoms with van der Waals surface area (Å²) in [6, 6.07) is 10.9. The first kappa shape index (κ1) is 20.1. The van der Waals surface area contributed by atoms with Crippen molar-refractivity contribution >= 4 is 29.6 Å². The second-order valence-corrected chi connectivity index (χ2v) is 5.74. The van der Waals surface area contributed by atoms with Gasteiger partial charge >= 0.3 is 11.8 Å². The Balaban J connectivity index is 2.03. The lowest BCUT2D eigenvalue weighted by Crippen LogP contribution is -2.37. The van der Waals surface area contributed by atoms with Crippen molar-refractivity contribution in [2.24, 2.45) is 5.10 Å². The van der Waals surface area contributed by atoms with Crippen LogP contribution in [0.4, 0.5) is 4.39 Å². The van der Waals surface area contributed by atoms with E-state index in [1.807, 2.05) is 0 Å². The first-order valence-corrected chi connectivity index (χ1v) is 8.26. The van der Waals surface area contributed by atoms with E-state index in [2.05, 4.69) is 22.4 Å². The molecule has 0 unspecified atom stereocenters. The van der Waals surface area contributed by atoms with E-state index in [4.69, 9.17) is 16.3 Å². The lowest BCUT2D eigenvalue weighted by Gasteiger charge is -2.10. The number of amides is 2. The Labute approximate surface area is 160 Å².